The zero-order valence-corrected chi connectivity index (χ0v) is 22.2. The molecule has 0 heterocycles. The highest BCUT2D eigenvalue weighted by Crippen LogP contribution is 2.65. The molecule has 0 unspecified atom stereocenters. The van der Waals surface area contributed by atoms with E-state index < -0.39 is 26.8 Å². The van der Waals surface area contributed by atoms with Crippen LogP contribution < -0.4 is 5.32 Å². The molecule has 184 valence electrons. The summed E-state index contributed by atoms with van der Waals surface area (Å²) in [6, 6.07) is 15.2. The topological polar surface area (TPSA) is 83.1 Å². The molecule has 0 spiro atoms. The summed E-state index contributed by atoms with van der Waals surface area (Å²) >= 11 is 0. The van der Waals surface area contributed by atoms with Gasteiger partial charge in [0.1, 0.15) is 11.6 Å². The van der Waals surface area contributed by atoms with Gasteiger partial charge in [0.15, 0.2) is 0 Å². The summed E-state index contributed by atoms with van der Waals surface area (Å²) in [6.07, 6.45) is 0. The van der Waals surface area contributed by atoms with Crippen LogP contribution in [0.5, 0.6) is 0 Å². The van der Waals surface area contributed by atoms with Crippen molar-refractivity contribution < 1.29 is 27.2 Å². The average molecular weight is 498 g/mol. The van der Waals surface area contributed by atoms with Crippen LogP contribution in [0.25, 0.3) is 0 Å². The highest BCUT2D eigenvalue weighted by atomic mass is 31.2. The van der Waals surface area contributed by atoms with E-state index in [0.29, 0.717) is 11.1 Å². The van der Waals surface area contributed by atoms with Crippen LogP contribution in [0.2, 0.25) is 0 Å². The summed E-state index contributed by atoms with van der Waals surface area (Å²) in [5, 5.41) is 3.32. The normalized spacial score (nSPS) is 14.2. The van der Waals surface area contributed by atoms with Gasteiger partial charge in [0, 0.05) is 0 Å². The van der Waals surface area contributed by atoms with E-state index >= 15 is 0 Å². The first-order valence-electron chi connectivity index (χ1n) is 11.4. The molecule has 0 bridgehead atoms. The number of aryl methyl sites for hydroxylation is 2. The Hall–Kier alpha value is -1.30. The van der Waals surface area contributed by atoms with Gasteiger partial charge in [-0.15, -0.1) is 0 Å². The van der Waals surface area contributed by atoms with Gasteiger partial charge < -0.3 is 18.1 Å². The van der Waals surface area contributed by atoms with Crippen LogP contribution in [0.4, 0.5) is 0 Å². The second-order valence-corrected chi connectivity index (χ2v) is 11.8. The Bertz CT molecular complexity index is 851. The predicted molar refractivity (Wildman–Crippen MR) is 133 cm³/mol. The van der Waals surface area contributed by atoms with Gasteiger partial charge >= 0.3 is 15.2 Å². The maximum atomic E-state index is 14.0. The molecule has 0 aliphatic rings. The fourth-order valence-electron chi connectivity index (χ4n) is 3.48. The van der Waals surface area contributed by atoms with E-state index in [1.54, 1.807) is 27.7 Å². The van der Waals surface area contributed by atoms with Crippen LogP contribution in [0.15, 0.2) is 48.5 Å². The van der Waals surface area contributed by atoms with Crippen molar-refractivity contribution >= 4 is 15.2 Å². The van der Waals surface area contributed by atoms with Gasteiger partial charge in [-0.1, -0.05) is 59.7 Å². The predicted octanol–water partition coefficient (Wildman–Crippen LogP) is 7.12. The number of benzene rings is 2. The molecule has 0 aliphatic carbocycles. The first-order valence-corrected chi connectivity index (χ1v) is 14.6. The summed E-state index contributed by atoms with van der Waals surface area (Å²) in [5.74, 6) is -1.78. The minimum Gasteiger partial charge on any atom is -0.308 e. The number of hydrogen-bond acceptors (Lipinski definition) is 7. The van der Waals surface area contributed by atoms with Crippen LogP contribution in [0.3, 0.4) is 0 Å². The van der Waals surface area contributed by atoms with Crippen molar-refractivity contribution in [3.8, 4) is 0 Å². The SMILES string of the molecule is CCOP(=O)(OCC)[C@@H](N[C@@H](c1ccc(C)cc1)P(=O)(OCC)OCC)c1ccc(C)cc1. The minimum absolute atomic E-state index is 0.200. The molecule has 0 aliphatic heterocycles. The number of rotatable bonds is 14. The lowest BCUT2D eigenvalue weighted by Crippen LogP contribution is -2.29. The van der Waals surface area contributed by atoms with Crippen molar-refractivity contribution in [2.24, 2.45) is 0 Å². The van der Waals surface area contributed by atoms with Crippen LogP contribution in [-0.2, 0) is 27.2 Å². The van der Waals surface area contributed by atoms with Gasteiger partial charge in [-0.25, -0.2) is 0 Å². The summed E-state index contributed by atoms with van der Waals surface area (Å²) in [6.45, 7) is 11.8. The largest absolute Gasteiger partial charge is 0.351 e. The molecule has 33 heavy (non-hydrogen) atoms. The highest BCUT2D eigenvalue weighted by Gasteiger charge is 2.44. The van der Waals surface area contributed by atoms with Crippen LogP contribution >= 0.6 is 15.2 Å². The van der Waals surface area contributed by atoms with Gasteiger partial charge in [0.2, 0.25) is 0 Å². The van der Waals surface area contributed by atoms with Gasteiger partial charge in [-0.2, -0.15) is 0 Å². The second kappa shape index (κ2) is 13.0. The van der Waals surface area contributed by atoms with E-state index in [1.807, 2.05) is 62.4 Å². The van der Waals surface area contributed by atoms with E-state index in [9.17, 15) is 9.13 Å². The molecule has 2 atom stereocenters. The second-order valence-electron chi connectivity index (χ2n) is 7.54. The van der Waals surface area contributed by atoms with E-state index in [4.69, 9.17) is 18.1 Å². The Balaban J connectivity index is 2.66. The summed E-state index contributed by atoms with van der Waals surface area (Å²) in [5.41, 5.74) is 3.51. The molecule has 2 aromatic carbocycles. The molecule has 0 saturated heterocycles. The monoisotopic (exact) mass is 497 g/mol. The van der Waals surface area contributed by atoms with Gasteiger partial charge in [0.05, 0.1) is 26.4 Å². The fraction of sp³-hybridized carbons (Fsp3) is 0.500. The zero-order valence-electron chi connectivity index (χ0n) is 20.4. The van der Waals surface area contributed by atoms with Crippen molar-refractivity contribution in [1.29, 1.82) is 0 Å². The smallest absolute Gasteiger partial charge is 0.308 e. The lowest BCUT2D eigenvalue weighted by molar-refractivity contribution is 0.196. The minimum atomic E-state index is -3.70. The maximum absolute atomic E-state index is 14.0. The van der Waals surface area contributed by atoms with E-state index in [0.717, 1.165) is 11.1 Å². The summed E-state index contributed by atoms with van der Waals surface area (Å²) in [7, 11) is -7.40. The molecule has 0 saturated carbocycles. The van der Waals surface area contributed by atoms with Crippen LogP contribution in [0.1, 0.15) is 61.5 Å². The molecule has 7 nitrogen and oxygen atoms in total. The lowest BCUT2D eigenvalue weighted by atomic mass is 10.1. The van der Waals surface area contributed by atoms with E-state index in [-0.39, 0.29) is 26.4 Å². The maximum Gasteiger partial charge on any atom is 0.351 e. The Morgan fingerprint density at radius 2 is 0.879 bits per heavy atom. The molecule has 0 fully saturated rings. The van der Waals surface area contributed by atoms with Crippen molar-refractivity contribution in [2.45, 2.75) is 53.1 Å². The molecule has 0 radical (unpaired) electrons. The molecule has 0 amide bonds. The molecule has 1 N–H and O–H groups in total. The summed E-state index contributed by atoms with van der Waals surface area (Å²) < 4.78 is 50.8. The average Bonchev–Trinajstić information content (AvgIpc) is 2.77. The summed E-state index contributed by atoms with van der Waals surface area (Å²) in [4.78, 5) is 0. The van der Waals surface area contributed by atoms with E-state index in [1.165, 1.54) is 0 Å². The van der Waals surface area contributed by atoms with Crippen molar-refractivity contribution in [3.05, 3.63) is 70.8 Å². The number of nitrogens with one attached hydrogen (secondary N) is 1. The molecular weight excluding hydrogens is 460 g/mol. The first kappa shape index (κ1) is 27.9. The third kappa shape index (κ3) is 7.34. The Morgan fingerprint density at radius 3 is 1.12 bits per heavy atom. The van der Waals surface area contributed by atoms with Crippen molar-refractivity contribution in [3.63, 3.8) is 0 Å². The van der Waals surface area contributed by atoms with Gasteiger partial charge in [0.25, 0.3) is 0 Å². The Labute approximate surface area is 198 Å². The van der Waals surface area contributed by atoms with Gasteiger partial charge in [-0.3, -0.25) is 14.4 Å². The molecule has 2 aromatic rings. The molecule has 2 rings (SSSR count). The Morgan fingerprint density at radius 1 is 0.606 bits per heavy atom. The third-order valence-electron chi connectivity index (χ3n) is 4.97. The number of hydrogen-bond donors (Lipinski definition) is 1. The van der Waals surface area contributed by atoms with E-state index in [2.05, 4.69) is 5.32 Å². The molecular formula is C24H37NO6P2. The quantitative estimate of drug-likeness (QED) is 0.278. The van der Waals surface area contributed by atoms with Crippen molar-refractivity contribution in [2.75, 3.05) is 26.4 Å². The first-order chi connectivity index (χ1) is 15.7. The third-order valence-corrected chi connectivity index (χ3v) is 9.60. The Kier molecular flexibility index (Phi) is 11.0. The fourth-order valence-corrected chi connectivity index (χ4v) is 7.52. The molecule has 0 aromatic heterocycles. The lowest BCUT2D eigenvalue weighted by Gasteiger charge is -2.34. The zero-order chi connectivity index (χ0) is 24.5. The van der Waals surface area contributed by atoms with Gasteiger partial charge in [-0.05, 0) is 52.7 Å². The van der Waals surface area contributed by atoms with Crippen LogP contribution in [-0.4, -0.2) is 26.4 Å². The standard InChI is InChI=1S/C24H37NO6P2/c1-7-28-32(26,29-8-2)23(21-15-11-19(5)12-16-21)25-24(22-17-13-20(6)14-18-22)33(27,30-9-3)31-10-4/h11-18,23-25H,7-10H2,1-6H3/t23-,24-/m1/s1. The molecule has 9 heteroatoms. The van der Waals surface area contributed by atoms with Crippen LogP contribution in [0, 0.1) is 13.8 Å². The highest BCUT2D eigenvalue weighted by molar-refractivity contribution is 7.55. The van der Waals surface area contributed by atoms with Crippen molar-refractivity contribution in [1.82, 2.24) is 5.32 Å².